The van der Waals surface area contributed by atoms with Crippen LogP contribution in [-0.4, -0.2) is 32.4 Å². The molecule has 0 radical (unpaired) electrons. The summed E-state index contributed by atoms with van der Waals surface area (Å²) >= 11 is 3.53. The first-order valence-electron chi connectivity index (χ1n) is 6.72. The fourth-order valence-corrected chi connectivity index (χ4v) is 3.16. The highest BCUT2D eigenvalue weighted by atomic mass is 79.9. The van der Waals surface area contributed by atoms with Crippen LogP contribution >= 0.6 is 15.9 Å². The minimum atomic E-state index is 0.0998. The van der Waals surface area contributed by atoms with Crippen molar-refractivity contribution >= 4 is 49.6 Å². The maximum Gasteiger partial charge on any atom is 0.241 e. The van der Waals surface area contributed by atoms with Gasteiger partial charge in [-0.25, -0.2) is 9.97 Å². The smallest absolute Gasteiger partial charge is 0.241 e. The summed E-state index contributed by atoms with van der Waals surface area (Å²) in [5.41, 5.74) is 4.86. The molecule has 0 saturated carbocycles. The summed E-state index contributed by atoms with van der Waals surface area (Å²) in [5, 5.41) is 3.54. The van der Waals surface area contributed by atoms with Gasteiger partial charge in [-0.1, -0.05) is 12.1 Å². The number of nitrogens with one attached hydrogen (secondary N) is 2. The lowest BCUT2D eigenvalue weighted by Crippen LogP contribution is -2.31. The lowest BCUT2D eigenvalue weighted by molar-refractivity contribution is -0.126. The number of carbonyl (C=O) groups is 1. The predicted octanol–water partition coefficient (Wildman–Crippen LogP) is 2.82. The molecule has 0 unspecified atom stereocenters. The molecule has 6 nitrogen and oxygen atoms in total. The molecule has 1 aliphatic rings. The number of hydrazine groups is 1. The minimum absolute atomic E-state index is 0.0998. The van der Waals surface area contributed by atoms with E-state index < -0.39 is 0 Å². The molecule has 0 spiro atoms. The van der Waals surface area contributed by atoms with Gasteiger partial charge in [-0.3, -0.25) is 15.2 Å². The number of fused-ring (bicyclic) bond motifs is 3. The van der Waals surface area contributed by atoms with E-state index in [4.69, 9.17) is 0 Å². The number of aromatic amines is 1. The Hall–Kier alpha value is -2.15. The first kappa shape index (κ1) is 12.6. The van der Waals surface area contributed by atoms with Crippen molar-refractivity contribution in [3.05, 3.63) is 29.0 Å². The van der Waals surface area contributed by atoms with Crippen molar-refractivity contribution in [1.29, 1.82) is 0 Å². The third-order valence-electron chi connectivity index (χ3n) is 3.69. The topological polar surface area (TPSA) is 73.9 Å². The number of nitrogens with zero attached hydrogens (tertiary/aromatic N) is 3. The maximum atomic E-state index is 11.8. The molecule has 1 saturated heterocycles. The molecule has 0 aliphatic carbocycles. The lowest BCUT2D eigenvalue weighted by atomic mass is 10.2. The van der Waals surface area contributed by atoms with Crippen LogP contribution in [0.25, 0.3) is 21.9 Å². The molecule has 21 heavy (non-hydrogen) atoms. The van der Waals surface area contributed by atoms with Crippen molar-refractivity contribution in [2.24, 2.45) is 0 Å². The van der Waals surface area contributed by atoms with Crippen LogP contribution < -0.4 is 5.43 Å². The molecule has 2 aromatic heterocycles. The molecule has 0 bridgehead atoms. The Balaban J connectivity index is 1.90. The fraction of sp³-hybridized carbons (Fsp3) is 0.214. The first-order chi connectivity index (χ1) is 10.2. The summed E-state index contributed by atoms with van der Waals surface area (Å²) in [6, 6.07) is 5.96. The normalized spacial score (nSPS) is 15.3. The number of hydrogen-bond acceptors (Lipinski definition) is 4. The second kappa shape index (κ2) is 4.70. The average molecular weight is 346 g/mol. The van der Waals surface area contributed by atoms with Crippen LogP contribution in [0.5, 0.6) is 0 Å². The summed E-state index contributed by atoms with van der Waals surface area (Å²) in [6.45, 7) is 0.705. The number of H-pyrrole nitrogens is 1. The summed E-state index contributed by atoms with van der Waals surface area (Å²) in [6.07, 6.45) is 2.95. The van der Waals surface area contributed by atoms with Gasteiger partial charge in [0, 0.05) is 22.8 Å². The van der Waals surface area contributed by atoms with Crippen LogP contribution in [0.3, 0.4) is 0 Å². The molecule has 2 N–H and O–H groups in total. The molecule has 0 atom stereocenters. The Kier molecular flexibility index (Phi) is 2.81. The maximum absolute atomic E-state index is 11.8. The molecule has 1 aromatic carbocycles. The van der Waals surface area contributed by atoms with E-state index in [9.17, 15) is 4.79 Å². The van der Waals surface area contributed by atoms with Gasteiger partial charge in [0.05, 0.1) is 10.9 Å². The number of para-hydroxylation sites is 1. The largest absolute Gasteiger partial charge is 0.338 e. The van der Waals surface area contributed by atoms with E-state index in [2.05, 4.69) is 36.3 Å². The molecule has 106 valence electrons. The van der Waals surface area contributed by atoms with Crippen molar-refractivity contribution in [3.8, 4) is 0 Å². The van der Waals surface area contributed by atoms with E-state index in [1.165, 1.54) is 6.33 Å². The fourth-order valence-electron chi connectivity index (χ4n) is 2.69. The molecule has 1 amide bonds. The van der Waals surface area contributed by atoms with Crippen molar-refractivity contribution in [3.63, 3.8) is 0 Å². The summed E-state index contributed by atoms with van der Waals surface area (Å²) < 4.78 is 0.973. The zero-order valence-electron chi connectivity index (χ0n) is 11.1. The van der Waals surface area contributed by atoms with E-state index in [1.807, 2.05) is 18.2 Å². The second-order valence-electron chi connectivity index (χ2n) is 4.99. The summed E-state index contributed by atoms with van der Waals surface area (Å²) in [5.74, 6) is 0.752. The van der Waals surface area contributed by atoms with Gasteiger partial charge in [0.1, 0.15) is 12.0 Å². The van der Waals surface area contributed by atoms with Gasteiger partial charge in [-0.05, 0) is 28.4 Å². The van der Waals surface area contributed by atoms with Crippen LogP contribution in [0.15, 0.2) is 29.0 Å². The minimum Gasteiger partial charge on any atom is -0.338 e. The van der Waals surface area contributed by atoms with Crippen LogP contribution in [0.4, 0.5) is 5.82 Å². The van der Waals surface area contributed by atoms with Crippen molar-refractivity contribution in [2.75, 3.05) is 12.0 Å². The monoisotopic (exact) mass is 345 g/mol. The van der Waals surface area contributed by atoms with E-state index >= 15 is 0 Å². The molecule has 1 aliphatic heterocycles. The number of hydrogen-bond donors (Lipinski definition) is 2. The molecule has 1 fully saturated rings. The Morgan fingerprint density at radius 2 is 2.24 bits per heavy atom. The van der Waals surface area contributed by atoms with Crippen LogP contribution in [0.2, 0.25) is 0 Å². The van der Waals surface area contributed by atoms with Gasteiger partial charge >= 0.3 is 0 Å². The van der Waals surface area contributed by atoms with E-state index in [0.29, 0.717) is 18.8 Å². The van der Waals surface area contributed by atoms with Gasteiger partial charge in [0.25, 0.3) is 0 Å². The molecule has 3 aromatic rings. The first-order valence-corrected chi connectivity index (χ1v) is 7.51. The zero-order chi connectivity index (χ0) is 14.4. The third kappa shape index (κ3) is 1.96. The van der Waals surface area contributed by atoms with E-state index in [1.54, 1.807) is 5.01 Å². The molecular weight excluding hydrogens is 334 g/mol. The lowest BCUT2D eigenvalue weighted by Gasteiger charge is -2.17. The average Bonchev–Trinajstić information content (AvgIpc) is 3.05. The van der Waals surface area contributed by atoms with Crippen LogP contribution in [0, 0.1) is 0 Å². The van der Waals surface area contributed by atoms with Gasteiger partial charge in [0.15, 0.2) is 5.82 Å². The number of rotatable bonds is 2. The summed E-state index contributed by atoms with van der Waals surface area (Å²) in [7, 11) is 0. The van der Waals surface area contributed by atoms with Gasteiger partial charge in [0.2, 0.25) is 5.91 Å². The van der Waals surface area contributed by atoms with Gasteiger partial charge in [-0.15, -0.1) is 0 Å². The number of anilines is 1. The standard InChI is InChI=1S/C14H12BrN5O/c15-9-4-1-3-8-11-13(18-12(8)9)16-7-17-14(11)19-20-6-2-5-10(20)21/h1,3-4,7H,2,5-6H2,(H2,16,17,18,19). The van der Waals surface area contributed by atoms with Gasteiger partial charge < -0.3 is 4.98 Å². The number of aromatic nitrogens is 3. The molecular formula is C14H12BrN5O. The number of halogens is 1. The second-order valence-corrected chi connectivity index (χ2v) is 5.85. The Morgan fingerprint density at radius 1 is 1.33 bits per heavy atom. The highest BCUT2D eigenvalue weighted by Crippen LogP contribution is 2.33. The van der Waals surface area contributed by atoms with E-state index in [0.717, 1.165) is 32.8 Å². The Bertz CT molecular complexity index is 859. The quantitative estimate of drug-likeness (QED) is 0.748. The number of carbonyl (C=O) groups excluding carboxylic acids is 1. The zero-order valence-corrected chi connectivity index (χ0v) is 12.6. The third-order valence-corrected chi connectivity index (χ3v) is 4.35. The van der Waals surface area contributed by atoms with Crippen LogP contribution in [0.1, 0.15) is 12.8 Å². The number of benzene rings is 1. The van der Waals surface area contributed by atoms with Crippen LogP contribution in [-0.2, 0) is 4.79 Å². The highest BCUT2D eigenvalue weighted by molar-refractivity contribution is 9.10. The molecule has 7 heteroatoms. The predicted molar refractivity (Wildman–Crippen MR) is 83.7 cm³/mol. The Morgan fingerprint density at radius 3 is 3.05 bits per heavy atom. The van der Waals surface area contributed by atoms with Crippen molar-refractivity contribution in [2.45, 2.75) is 12.8 Å². The molecule has 4 rings (SSSR count). The van der Waals surface area contributed by atoms with Crippen molar-refractivity contribution in [1.82, 2.24) is 20.0 Å². The SMILES string of the molecule is O=C1CCCN1Nc1ncnc2[nH]c3c(Br)cccc3c12. The summed E-state index contributed by atoms with van der Waals surface area (Å²) in [4.78, 5) is 23.6. The van der Waals surface area contributed by atoms with Crippen molar-refractivity contribution < 1.29 is 4.79 Å². The Labute approximate surface area is 128 Å². The highest BCUT2D eigenvalue weighted by Gasteiger charge is 2.22. The van der Waals surface area contributed by atoms with E-state index in [-0.39, 0.29) is 5.91 Å². The number of amides is 1. The van der Waals surface area contributed by atoms with Gasteiger partial charge in [-0.2, -0.15) is 0 Å². The molecule has 3 heterocycles.